The van der Waals surface area contributed by atoms with Crippen molar-refractivity contribution >= 4 is 5.91 Å². The summed E-state index contributed by atoms with van der Waals surface area (Å²) in [6.45, 7) is 9.92. The molecule has 0 aromatic rings. The molecular weight excluding hydrogens is 190 g/mol. The Bertz CT molecular complexity index is 185. The molecule has 0 rings (SSSR count). The second-order valence-corrected chi connectivity index (χ2v) is 4.93. The molecule has 1 atom stereocenters. The normalized spacial score (nSPS) is 13.7. The van der Waals surface area contributed by atoms with Crippen LogP contribution in [0.5, 0.6) is 0 Å². The topological polar surface area (TPSA) is 38.3 Å². The molecule has 1 unspecified atom stereocenters. The van der Waals surface area contributed by atoms with Crippen molar-refractivity contribution in [2.75, 3.05) is 0 Å². The van der Waals surface area contributed by atoms with Crippen LogP contribution >= 0.6 is 0 Å². The second-order valence-electron chi connectivity index (χ2n) is 4.93. The zero-order chi connectivity index (χ0) is 11.9. The van der Waals surface area contributed by atoms with Gasteiger partial charge in [-0.05, 0) is 33.6 Å². The highest BCUT2D eigenvalue weighted by molar-refractivity contribution is 5.77. The number of hydrogen-bond donors (Lipinski definition) is 1. The van der Waals surface area contributed by atoms with Gasteiger partial charge in [-0.1, -0.05) is 26.7 Å². The van der Waals surface area contributed by atoms with Gasteiger partial charge in [0.2, 0.25) is 5.91 Å². The first-order chi connectivity index (χ1) is 6.90. The van der Waals surface area contributed by atoms with Gasteiger partial charge in [0, 0.05) is 5.92 Å². The third-order valence-corrected chi connectivity index (χ3v) is 2.23. The predicted octanol–water partition coefficient (Wildman–Crippen LogP) is 3.05. The van der Waals surface area contributed by atoms with Crippen LogP contribution in [-0.4, -0.2) is 11.5 Å². The Balaban J connectivity index is 3.94. The van der Waals surface area contributed by atoms with Crippen LogP contribution in [0.1, 0.15) is 60.3 Å². The number of hydrogen-bond acceptors (Lipinski definition) is 2. The Morgan fingerprint density at radius 1 is 1.33 bits per heavy atom. The Morgan fingerprint density at radius 2 is 1.93 bits per heavy atom. The van der Waals surface area contributed by atoms with Crippen molar-refractivity contribution in [2.45, 2.75) is 65.9 Å². The van der Waals surface area contributed by atoms with E-state index in [1.54, 1.807) is 0 Å². The standard InChI is InChI=1S/C12H25NO2/c1-6-8-9-10(7-2)11(14)13-15-12(3,4)5/h10H,6-9H2,1-5H3,(H,13,14). The molecule has 0 fully saturated rings. The zero-order valence-electron chi connectivity index (χ0n) is 10.7. The molecule has 0 bridgehead atoms. The van der Waals surface area contributed by atoms with Crippen LogP contribution in [0.4, 0.5) is 0 Å². The molecule has 0 aliphatic rings. The molecule has 3 nitrogen and oxygen atoms in total. The van der Waals surface area contributed by atoms with E-state index in [1.165, 1.54) is 0 Å². The fourth-order valence-electron chi connectivity index (χ4n) is 1.26. The number of hydroxylamine groups is 1. The molecule has 1 amide bonds. The van der Waals surface area contributed by atoms with Gasteiger partial charge in [-0.15, -0.1) is 0 Å². The highest BCUT2D eigenvalue weighted by Gasteiger charge is 2.18. The number of carbonyl (C=O) groups excluding carboxylic acids is 1. The first kappa shape index (κ1) is 14.4. The third-order valence-electron chi connectivity index (χ3n) is 2.23. The Labute approximate surface area is 93.5 Å². The van der Waals surface area contributed by atoms with Gasteiger partial charge in [0.15, 0.2) is 0 Å². The van der Waals surface area contributed by atoms with Gasteiger partial charge in [0.25, 0.3) is 0 Å². The zero-order valence-corrected chi connectivity index (χ0v) is 10.7. The summed E-state index contributed by atoms with van der Waals surface area (Å²) in [5.74, 6) is 0.105. The van der Waals surface area contributed by atoms with E-state index in [-0.39, 0.29) is 17.4 Å². The van der Waals surface area contributed by atoms with Gasteiger partial charge in [-0.3, -0.25) is 9.63 Å². The van der Waals surface area contributed by atoms with Crippen LogP contribution in [-0.2, 0) is 9.63 Å². The molecule has 0 aliphatic carbocycles. The molecule has 0 aliphatic heterocycles. The Morgan fingerprint density at radius 3 is 2.33 bits per heavy atom. The summed E-state index contributed by atoms with van der Waals surface area (Å²) >= 11 is 0. The monoisotopic (exact) mass is 215 g/mol. The fourth-order valence-corrected chi connectivity index (χ4v) is 1.26. The lowest BCUT2D eigenvalue weighted by molar-refractivity contribution is -0.150. The van der Waals surface area contributed by atoms with Crippen molar-refractivity contribution in [3.63, 3.8) is 0 Å². The smallest absolute Gasteiger partial charge is 0.246 e. The lowest BCUT2D eigenvalue weighted by Crippen LogP contribution is -2.37. The van der Waals surface area contributed by atoms with Crippen LogP contribution in [0.25, 0.3) is 0 Å². The van der Waals surface area contributed by atoms with Gasteiger partial charge >= 0.3 is 0 Å². The summed E-state index contributed by atoms with van der Waals surface area (Å²) in [7, 11) is 0. The quantitative estimate of drug-likeness (QED) is 0.692. The van der Waals surface area contributed by atoms with E-state index < -0.39 is 0 Å². The van der Waals surface area contributed by atoms with E-state index in [9.17, 15) is 4.79 Å². The van der Waals surface area contributed by atoms with Crippen LogP contribution in [0, 0.1) is 5.92 Å². The Hall–Kier alpha value is -0.570. The number of unbranched alkanes of at least 4 members (excludes halogenated alkanes) is 1. The summed E-state index contributed by atoms with van der Waals surface area (Å²) in [4.78, 5) is 16.9. The molecule has 0 heterocycles. The lowest BCUT2D eigenvalue weighted by atomic mass is 9.99. The molecule has 0 spiro atoms. The van der Waals surface area contributed by atoms with Gasteiger partial charge in [0.1, 0.15) is 0 Å². The summed E-state index contributed by atoms with van der Waals surface area (Å²) in [5, 5.41) is 0. The second kappa shape index (κ2) is 6.83. The highest BCUT2D eigenvalue weighted by Crippen LogP contribution is 2.13. The van der Waals surface area contributed by atoms with Crippen molar-refractivity contribution < 1.29 is 9.63 Å². The maximum Gasteiger partial charge on any atom is 0.246 e. The minimum atomic E-state index is -0.321. The molecule has 15 heavy (non-hydrogen) atoms. The van der Waals surface area contributed by atoms with E-state index in [0.717, 1.165) is 25.7 Å². The lowest BCUT2D eigenvalue weighted by Gasteiger charge is -2.21. The summed E-state index contributed by atoms with van der Waals surface area (Å²) in [5.41, 5.74) is 2.22. The van der Waals surface area contributed by atoms with E-state index in [2.05, 4.69) is 12.4 Å². The highest BCUT2D eigenvalue weighted by atomic mass is 16.7. The van der Waals surface area contributed by atoms with E-state index in [4.69, 9.17) is 4.84 Å². The van der Waals surface area contributed by atoms with Crippen LogP contribution in [0.3, 0.4) is 0 Å². The predicted molar refractivity (Wildman–Crippen MR) is 62.3 cm³/mol. The van der Waals surface area contributed by atoms with Gasteiger partial charge < -0.3 is 0 Å². The van der Waals surface area contributed by atoms with Crippen molar-refractivity contribution in [2.24, 2.45) is 5.92 Å². The molecule has 90 valence electrons. The van der Waals surface area contributed by atoms with Gasteiger partial charge in [0.05, 0.1) is 5.60 Å². The number of amides is 1. The first-order valence-electron chi connectivity index (χ1n) is 5.88. The number of carbonyl (C=O) groups is 1. The number of nitrogens with one attached hydrogen (secondary N) is 1. The molecule has 1 N–H and O–H groups in total. The summed E-state index contributed by atoms with van der Waals surface area (Å²) in [6.07, 6.45) is 4.05. The maximum absolute atomic E-state index is 11.7. The van der Waals surface area contributed by atoms with E-state index in [1.807, 2.05) is 27.7 Å². The molecule has 0 saturated carbocycles. The first-order valence-corrected chi connectivity index (χ1v) is 5.88. The van der Waals surface area contributed by atoms with Gasteiger partial charge in [-0.25, -0.2) is 5.48 Å². The molecule has 0 radical (unpaired) electrons. The Kier molecular flexibility index (Phi) is 6.57. The minimum Gasteiger partial charge on any atom is -0.273 e. The SMILES string of the molecule is CCCCC(CC)C(=O)NOC(C)(C)C. The molecule has 0 aromatic heterocycles. The fraction of sp³-hybridized carbons (Fsp3) is 0.917. The average Bonchev–Trinajstić information content (AvgIpc) is 2.15. The summed E-state index contributed by atoms with van der Waals surface area (Å²) < 4.78 is 0. The van der Waals surface area contributed by atoms with Crippen LogP contribution in [0.2, 0.25) is 0 Å². The van der Waals surface area contributed by atoms with E-state index >= 15 is 0 Å². The number of rotatable bonds is 6. The molecule has 0 aromatic carbocycles. The summed E-state index contributed by atoms with van der Waals surface area (Å²) in [6, 6.07) is 0. The molecule has 0 saturated heterocycles. The van der Waals surface area contributed by atoms with Crippen LogP contribution < -0.4 is 5.48 Å². The average molecular weight is 215 g/mol. The maximum atomic E-state index is 11.7. The van der Waals surface area contributed by atoms with Crippen molar-refractivity contribution in [3.05, 3.63) is 0 Å². The third kappa shape index (κ3) is 7.37. The minimum absolute atomic E-state index is 0.0147. The van der Waals surface area contributed by atoms with E-state index in [0.29, 0.717) is 0 Å². The van der Waals surface area contributed by atoms with Crippen molar-refractivity contribution in [3.8, 4) is 0 Å². The largest absolute Gasteiger partial charge is 0.273 e. The molecule has 3 heteroatoms. The van der Waals surface area contributed by atoms with Crippen molar-refractivity contribution in [1.82, 2.24) is 5.48 Å². The van der Waals surface area contributed by atoms with Crippen molar-refractivity contribution in [1.29, 1.82) is 0 Å². The van der Waals surface area contributed by atoms with Crippen LogP contribution in [0.15, 0.2) is 0 Å². The van der Waals surface area contributed by atoms with Gasteiger partial charge in [-0.2, -0.15) is 0 Å². The molecular formula is C12H25NO2.